The normalized spacial score (nSPS) is 18.7. The Kier molecular flexibility index (Phi) is 6.26. The number of nitrogens with zero attached hydrogens (tertiary/aromatic N) is 5. The van der Waals surface area contributed by atoms with Crippen molar-refractivity contribution in [3.63, 3.8) is 0 Å². The van der Waals surface area contributed by atoms with Crippen LogP contribution in [0.2, 0.25) is 0 Å². The van der Waals surface area contributed by atoms with Crippen LogP contribution in [0.25, 0.3) is 0 Å². The topological polar surface area (TPSA) is 107 Å². The summed E-state index contributed by atoms with van der Waals surface area (Å²) in [5, 5.41) is 14.4. The molecule has 0 bridgehead atoms. The zero-order chi connectivity index (χ0) is 27.1. The van der Waals surface area contributed by atoms with Crippen molar-refractivity contribution >= 4 is 11.5 Å². The molecule has 0 aliphatic carbocycles. The summed E-state index contributed by atoms with van der Waals surface area (Å²) in [5.41, 5.74) is 3.04. The minimum absolute atomic E-state index is 0.109. The van der Waals surface area contributed by atoms with Gasteiger partial charge in [-0.2, -0.15) is 13.2 Å². The van der Waals surface area contributed by atoms with Gasteiger partial charge in [-0.3, -0.25) is 14.6 Å². The molecule has 2 aromatic carbocycles. The predicted molar refractivity (Wildman–Crippen MR) is 128 cm³/mol. The minimum Gasteiger partial charge on any atom is -0.487 e. The van der Waals surface area contributed by atoms with Crippen molar-refractivity contribution in [2.75, 3.05) is 25.3 Å². The summed E-state index contributed by atoms with van der Waals surface area (Å²) >= 11 is 0. The van der Waals surface area contributed by atoms with E-state index in [2.05, 4.69) is 10.5 Å². The number of halogens is 3. The molecule has 0 fully saturated rings. The van der Waals surface area contributed by atoms with Crippen molar-refractivity contribution in [3.05, 3.63) is 82.3 Å². The van der Waals surface area contributed by atoms with Gasteiger partial charge in [-0.25, -0.2) is 0 Å². The van der Waals surface area contributed by atoms with E-state index in [1.807, 2.05) is 25.1 Å². The maximum Gasteiger partial charge on any atom is 0.416 e. The molecule has 2 aliphatic rings. The van der Waals surface area contributed by atoms with Crippen molar-refractivity contribution in [2.24, 2.45) is 0 Å². The van der Waals surface area contributed by atoms with E-state index in [-0.39, 0.29) is 25.0 Å². The van der Waals surface area contributed by atoms with Crippen LogP contribution in [0.5, 0.6) is 17.5 Å². The number of likely N-dealkylation sites (N-methyl/N-ethyl adjacent to an activating group) is 1. The van der Waals surface area contributed by atoms with Crippen LogP contribution in [0.4, 0.5) is 24.7 Å². The Bertz CT molecular complexity index is 1350. The van der Waals surface area contributed by atoms with Crippen LogP contribution in [0, 0.1) is 10.1 Å². The molecule has 0 amide bonds. The molecule has 14 heteroatoms. The fourth-order valence-corrected chi connectivity index (χ4v) is 4.01. The third kappa shape index (κ3) is 5.16. The van der Waals surface area contributed by atoms with Gasteiger partial charge in [-0.05, 0) is 48.2 Å². The molecule has 3 aromatic rings. The fourth-order valence-electron chi connectivity index (χ4n) is 4.01. The maximum absolute atomic E-state index is 12.8. The number of nitrogens with one attached hydrogen (secondary N) is 1. The number of hydrazine groups is 2. The minimum atomic E-state index is -4.41. The van der Waals surface area contributed by atoms with Crippen LogP contribution in [0.15, 0.2) is 66.6 Å². The molecule has 0 saturated carbocycles. The largest absolute Gasteiger partial charge is 0.487 e. The van der Waals surface area contributed by atoms with Crippen LogP contribution in [0.1, 0.15) is 12.5 Å². The van der Waals surface area contributed by atoms with Crippen LogP contribution in [-0.4, -0.2) is 45.3 Å². The molecule has 0 spiro atoms. The van der Waals surface area contributed by atoms with E-state index < -0.39 is 22.3 Å². The van der Waals surface area contributed by atoms with Gasteiger partial charge in [0.1, 0.15) is 36.6 Å². The molecule has 38 heavy (non-hydrogen) atoms. The SMILES string of the molecule is CN1NN(c2ccccc2OC[C@@]2(C)Cn3cc([N+](=O)[O-])nc3O2)C=C1COc1ccc(C(F)(F)F)cc1. The number of fused-ring (bicyclic) bond motifs is 1. The molecule has 0 radical (unpaired) electrons. The molecule has 1 N–H and O–H groups in total. The number of alkyl halides is 3. The number of benzene rings is 2. The van der Waals surface area contributed by atoms with Crippen molar-refractivity contribution in [3.8, 4) is 17.5 Å². The molecular weight excluding hydrogens is 509 g/mol. The first kappa shape index (κ1) is 25.2. The van der Waals surface area contributed by atoms with Gasteiger partial charge in [-0.15, -0.1) is 5.53 Å². The molecule has 1 aromatic heterocycles. The summed E-state index contributed by atoms with van der Waals surface area (Å²) in [6.07, 6.45) is -1.29. The van der Waals surface area contributed by atoms with Crippen molar-refractivity contribution < 1.29 is 32.3 Å². The first-order valence-electron chi connectivity index (χ1n) is 11.4. The monoisotopic (exact) mass is 532 g/mol. The van der Waals surface area contributed by atoms with Gasteiger partial charge in [0.2, 0.25) is 0 Å². The third-order valence-corrected chi connectivity index (χ3v) is 5.95. The number of imidazole rings is 1. The lowest BCUT2D eigenvalue weighted by molar-refractivity contribution is -0.389. The van der Waals surface area contributed by atoms with Crippen LogP contribution >= 0.6 is 0 Å². The molecule has 3 heterocycles. The standard InChI is InChI=1S/C24H23F3N6O5/c1-23(14-31-12-21(33(34)35)28-22(31)38-23)15-37-20-6-4-3-5-19(20)32-11-17(30(2)29-32)13-36-18-9-7-16(8-10-18)24(25,26)27/h3-12,29H,13-15H2,1-2H3/t23-/m1/s1. The van der Waals surface area contributed by atoms with Gasteiger partial charge in [0, 0.05) is 18.2 Å². The first-order valence-corrected chi connectivity index (χ1v) is 11.4. The second kappa shape index (κ2) is 9.45. The van der Waals surface area contributed by atoms with Gasteiger partial charge in [0.05, 0.1) is 17.8 Å². The molecule has 5 rings (SSSR count). The van der Waals surface area contributed by atoms with Crippen molar-refractivity contribution in [2.45, 2.75) is 25.2 Å². The Morgan fingerprint density at radius 1 is 1.18 bits per heavy atom. The first-order chi connectivity index (χ1) is 18.0. The Morgan fingerprint density at radius 2 is 1.92 bits per heavy atom. The van der Waals surface area contributed by atoms with E-state index in [0.29, 0.717) is 23.7 Å². The molecule has 1 atom stereocenters. The smallest absolute Gasteiger partial charge is 0.416 e. The average molecular weight is 532 g/mol. The second-order valence-corrected chi connectivity index (χ2v) is 9.04. The van der Waals surface area contributed by atoms with Gasteiger partial charge in [0.15, 0.2) is 5.60 Å². The zero-order valence-corrected chi connectivity index (χ0v) is 20.3. The van der Waals surface area contributed by atoms with E-state index in [9.17, 15) is 23.3 Å². The number of rotatable bonds is 8. The van der Waals surface area contributed by atoms with Gasteiger partial charge in [-0.1, -0.05) is 12.1 Å². The van der Waals surface area contributed by atoms with Crippen LogP contribution in [0.3, 0.4) is 0 Å². The fraction of sp³-hybridized carbons (Fsp3) is 0.292. The van der Waals surface area contributed by atoms with Crippen molar-refractivity contribution in [1.29, 1.82) is 0 Å². The summed E-state index contributed by atoms with van der Waals surface area (Å²) < 4.78 is 57.5. The lowest BCUT2D eigenvalue weighted by Gasteiger charge is -2.25. The van der Waals surface area contributed by atoms with E-state index >= 15 is 0 Å². The Morgan fingerprint density at radius 3 is 2.61 bits per heavy atom. The van der Waals surface area contributed by atoms with Gasteiger partial charge >= 0.3 is 18.0 Å². The molecule has 200 valence electrons. The van der Waals surface area contributed by atoms with E-state index in [4.69, 9.17) is 14.2 Å². The number of hydrogen-bond acceptors (Lipinski definition) is 9. The quantitative estimate of drug-likeness (QED) is 0.339. The molecule has 0 unspecified atom stereocenters. The van der Waals surface area contributed by atoms with E-state index in [1.165, 1.54) is 18.3 Å². The zero-order valence-electron chi connectivity index (χ0n) is 20.3. The van der Waals surface area contributed by atoms with E-state index in [0.717, 1.165) is 17.8 Å². The average Bonchev–Trinajstić information content (AvgIpc) is 3.52. The highest BCUT2D eigenvalue weighted by molar-refractivity contribution is 5.60. The summed E-state index contributed by atoms with van der Waals surface area (Å²) in [6, 6.07) is 12.0. The summed E-state index contributed by atoms with van der Waals surface area (Å²) in [6.45, 7) is 2.42. The van der Waals surface area contributed by atoms with E-state index in [1.54, 1.807) is 33.9 Å². The summed E-state index contributed by atoms with van der Waals surface area (Å²) in [5.74, 6) is 0.585. The predicted octanol–water partition coefficient (Wildman–Crippen LogP) is 4.13. The third-order valence-electron chi connectivity index (χ3n) is 5.95. The van der Waals surface area contributed by atoms with Gasteiger partial charge < -0.3 is 24.3 Å². The Labute approximate surface area is 214 Å². The summed E-state index contributed by atoms with van der Waals surface area (Å²) in [4.78, 5) is 14.2. The lowest BCUT2D eigenvalue weighted by Crippen LogP contribution is -2.40. The Hall–Kier alpha value is -4.46. The number of hydrogen-bond donors (Lipinski definition) is 1. The molecular formula is C24H23F3N6O5. The highest BCUT2D eigenvalue weighted by Crippen LogP contribution is 2.35. The number of nitro groups is 1. The number of ether oxygens (including phenoxy) is 3. The number of para-hydroxylation sites is 2. The van der Waals surface area contributed by atoms with Gasteiger partial charge in [0.25, 0.3) is 0 Å². The van der Waals surface area contributed by atoms with Crippen LogP contribution in [-0.2, 0) is 12.7 Å². The molecule has 11 nitrogen and oxygen atoms in total. The van der Waals surface area contributed by atoms with Crippen LogP contribution < -0.4 is 24.8 Å². The maximum atomic E-state index is 12.8. The number of aromatic nitrogens is 2. The molecule has 0 saturated heterocycles. The number of anilines is 1. The highest BCUT2D eigenvalue weighted by Gasteiger charge is 2.41. The van der Waals surface area contributed by atoms with Crippen molar-refractivity contribution in [1.82, 2.24) is 20.1 Å². The highest BCUT2D eigenvalue weighted by atomic mass is 19.4. The Balaban J connectivity index is 1.23. The second-order valence-electron chi connectivity index (χ2n) is 9.04. The lowest BCUT2D eigenvalue weighted by atomic mass is 10.1. The molecule has 2 aliphatic heterocycles. The summed E-state index contributed by atoms with van der Waals surface area (Å²) in [7, 11) is 1.78.